The van der Waals surface area contributed by atoms with Crippen LogP contribution < -0.4 is 4.72 Å². The maximum absolute atomic E-state index is 12.2. The Balaban J connectivity index is 1.69. The highest BCUT2D eigenvalue weighted by atomic mass is 32.2. The van der Waals surface area contributed by atoms with Gasteiger partial charge in [0.2, 0.25) is 10.0 Å². The Morgan fingerprint density at radius 1 is 1.25 bits per heavy atom. The van der Waals surface area contributed by atoms with Crippen molar-refractivity contribution in [2.45, 2.75) is 37.5 Å². The van der Waals surface area contributed by atoms with Gasteiger partial charge in [-0.3, -0.25) is 4.79 Å². The van der Waals surface area contributed by atoms with Crippen LogP contribution in [0.1, 0.15) is 43.0 Å². The molecule has 1 aromatic carbocycles. The van der Waals surface area contributed by atoms with Crippen LogP contribution in [0.5, 0.6) is 0 Å². The van der Waals surface area contributed by atoms with Gasteiger partial charge in [0.05, 0.1) is 4.90 Å². The molecule has 1 aromatic rings. The Kier molecular flexibility index (Phi) is 3.21. The molecule has 5 heteroatoms. The summed E-state index contributed by atoms with van der Waals surface area (Å²) in [6, 6.07) is 6.11. The lowest BCUT2D eigenvalue weighted by Gasteiger charge is -2.15. The van der Waals surface area contributed by atoms with Crippen LogP contribution in [-0.4, -0.2) is 20.7 Å². The van der Waals surface area contributed by atoms with E-state index >= 15 is 0 Å². The number of carbonyl (C=O) groups is 1. The zero-order chi connectivity index (χ0) is 14.4. The first kappa shape index (κ1) is 13.8. The number of hydrogen-bond acceptors (Lipinski definition) is 3. The number of hydrogen-bond donors (Lipinski definition) is 1. The number of ketones is 1. The van der Waals surface area contributed by atoms with Crippen molar-refractivity contribution >= 4 is 15.8 Å². The first-order valence-corrected chi connectivity index (χ1v) is 8.52. The fraction of sp³-hybridized carbons (Fsp3) is 0.533. The molecule has 4 nitrogen and oxygen atoms in total. The summed E-state index contributed by atoms with van der Waals surface area (Å²) in [6.07, 6.45) is 4.77. The highest BCUT2D eigenvalue weighted by Crippen LogP contribution is 2.60. The molecule has 0 aromatic heterocycles. The second-order valence-corrected chi connectivity index (χ2v) is 7.81. The fourth-order valence-electron chi connectivity index (χ4n) is 2.78. The van der Waals surface area contributed by atoms with Crippen molar-refractivity contribution in [1.29, 1.82) is 0 Å². The number of nitrogens with one attached hydrogen (secondary N) is 1. The molecule has 0 aliphatic heterocycles. The molecule has 0 atom stereocenters. The maximum atomic E-state index is 12.2. The van der Waals surface area contributed by atoms with E-state index in [-0.39, 0.29) is 16.1 Å². The van der Waals surface area contributed by atoms with Gasteiger partial charge in [0, 0.05) is 12.1 Å². The van der Waals surface area contributed by atoms with Gasteiger partial charge in [-0.25, -0.2) is 13.1 Å². The van der Waals surface area contributed by atoms with Crippen LogP contribution in [0, 0.1) is 11.3 Å². The van der Waals surface area contributed by atoms with Gasteiger partial charge in [0.1, 0.15) is 0 Å². The van der Waals surface area contributed by atoms with E-state index in [4.69, 9.17) is 0 Å². The van der Waals surface area contributed by atoms with Gasteiger partial charge in [-0.05, 0) is 56.1 Å². The summed E-state index contributed by atoms with van der Waals surface area (Å²) in [7, 11) is -3.46. The van der Waals surface area contributed by atoms with Gasteiger partial charge >= 0.3 is 0 Å². The molecule has 0 saturated heterocycles. The molecule has 3 rings (SSSR count). The van der Waals surface area contributed by atoms with Crippen LogP contribution in [0.3, 0.4) is 0 Å². The molecular formula is C15H19NO3S. The van der Waals surface area contributed by atoms with Gasteiger partial charge in [-0.2, -0.15) is 0 Å². The minimum absolute atomic E-state index is 0.0624. The van der Waals surface area contributed by atoms with E-state index in [0.29, 0.717) is 12.1 Å². The average Bonchev–Trinajstić information content (AvgIpc) is 3.28. The molecule has 0 heterocycles. The molecule has 0 spiro atoms. The molecule has 2 aliphatic rings. The molecule has 108 valence electrons. The summed E-state index contributed by atoms with van der Waals surface area (Å²) in [6.45, 7) is 2.02. The Morgan fingerprint density at radius 2 is 1.85 bits per heavy atom. The van der Waals surface area contributed by atoms with Crippen molar-refractivity contribution in [3.8, 4) is 0 Å². The average molecular weight is 293 g/mol. The van der Waals surface area contributed by atoms with E-state index in [2.05, 4.69) is 4.72 Å². The molecule has 20 heavy (non-hydrogen) atoms. The van der Waals surface area contributed by atoms with E-state index in [0.717, 1.165) is 18.8 Å². The Hall–Kier alpha value is -1.20. The quantitative estimate of drug-likeness (QED) is 0.819. The summed E-state index contributed by atoms with van der Waals surface area (Å²) < 4.78 is 27.2. The van der Waals surface area contributed by atoms with Gasteiger partial charge in [0.15, 0.2) is 5.78 Å². The predicted molar refractivity (Wildman–Crippen MR) is 76.0 cm³/mol. The van der Waals surface area contributed by atoms with Crippen LogP contribution in [0.15, 0.2) is 29.2 Å². The molecule has 1 N–H and O–H groups in total. The van der Waals surface area contributed by atoms with E-state index in [9.17, 15) is 13.2 Å². The zero-order valence-corrected chi connectivity index (χ0v) is 12.4. The van der Waals surface area contributed by atoms with Crippen molar-refractivity contribution in [2.75, 3.05) is 6.54 Å². The molecular weight excluding hydrogens is 274 g/mol. The van der Waals surface area contributed by atoms with E-state index in [1.165, 1.54) is 31.9 Å². The van der Waals surface area contributed by atoms with Crippen LogP contribution in [0.4, 0.5) is 0 Å². The second-order valence-electron chi connectivity index (χ2n) is 6.04. The molecule has 0 amide bonds. The van der Waals surface area contributed by atoms with Crippen molar-refractivity contribution in [2.24, 2.45) is 11.3 Å². The van der Waals surface area contributed by atoms with Crippen molar-refractivity contribution in [1.82, 2.24) is 4.72 Å². The van der Waals surface area contributed by atoms with Gasteiger partial charge < -0.3 is 0 Å². The lowest BCUT2D eigenvalue weighted by molar-refractivity contribution is 0.101. The van der Waals surface area contributed by atoms with Gasteiger partial charge in [-0.15, -0.1) is 0 Å². The maximum Gasteiger partial charge on any atom is 0.240 e. The minimum atomic E-state index is -3.46. The highest BCUT2D eigenvalue weighted by Gasteiger charge is 2.53. The normalized spacial score (nSPS) is 20.6. The predicted octanol–water partition coefficient (Wildman–Crippen LogP) is 2.36. The zero-order valence-electron chi connectivity index (χ0n) is 11.6. The summed E-state index contributed by atoms with van der Waals surface area (Å²) in [5.74, 6) is 0.665. The third kappa shape index (κ3) is 2.65. The van der Waals surface area contributed by atoms with E-state index in [1.807, 2.05) is 0 Å². The van der Waals surface area contributed by atoms with Crippen molar-refractivity contribution < 1.29 is 13.2 Å². The summed E-state index contributed by atoms with van der Waals surface area (Å²) >= 11 is 0. The summed E-state index contributed by atoms with van der Waals surface area (Å²) in [5, 5.41) is 0. The molecule has 0 bridgehead atoms. The van der Waals surface area contributed by atoms with E-state index < -0.39 is 10.0 Å². The van der Waals surface area contributed by atoms with Crippen LogP contribution in [-0.2, 0) is 10.0 Å². The van der Waals surface area contributed by atoms with E-state index in [1.54, 1.807) is 12.1 Å². The first-order valence-electron chi connectivity index (χ1n) is 7.04. The summed E-state index contributed by atoms with van der Waals surface area (Å²) in [4.78, 5) is 11.4. The van der Waals surface area contributed by atoms with Crippen molar-refractivity contribution in [3.63, 3.8) is 0 Å². The smallest absolute Gasteiger partial charge is 0.240 e. The molecule has 2 saturated carbocycles. The summed E-state index contributed by atoms with van der Waals surface area (Å²) in [5.41, 5.74) is 0.771. The third-order valence-electron chi connectivity index (χ3n) is 4.52. The highest BCUT2D eigenvalue weighted by molar-refractivity contribution is 7.89. The lowest BCUT2D eigenvalue weighted by Crippen LogP contribution is -2.31. The van der Waals surface area contributed by atoms with Crippen LogP contribution >= 0.6 is 0 Å². The van der Waals surface area contributed by atoms with Gasteiger partial charge in [0.25, 0.3) is 0 Å². The Labute approximate surface area is 119 Å². The number of sulfonamides is 1. The second kappa shape index (κ2) is 4.67. The largest absolute Gasteiger partial charge is 0.295 e. The monoisotopic (exact) mass is 293 g/mol. The lowest BCUT2D eigenvalue weighted by atomic mass is 10.0. The first-order chi connectivity index (χ1) is 9.43. The van der Waals surface area contributed by atoms with Crippen LogP contribution in [0.25, 0.3) is 0 Å². The minimum Gasteiger partial charge on any atom is -0.295 e. The molecule has 0 unspecified atom stereocenters. The topological polar surface area (TPSA) is 63.2 Å². The molecule has 2 aliphatic carbocycles. The van der Waals surface area contributed by atoms with Gasteiger partial charge in [-0.1, -0.05) is 12.1 Å². The Bertz CT molecular complexity index is 626. The molecule has 0 radical (unpaired) electrons. The number of carbonyl (C=O) groups excluding carboxylic acids is 1. The van der Waals surface area contributed by atoms with Crippen molar-refractivity contribution in [3.05, 3.63) is 29.8 Å². The number of rotatable bonds is 6. The number of benzene rings is 1. The SMILES string of the molecule is CC(=O)c1ccc(S(=O)(=O)NCC2(C3CC3)CC2)cc1. The third-order valence-corrected chi connectivity index (χ3v) is 5.94. The molecule has 2 fully saturated rings. The standard InChI is InChI=1S/C15H19NO3S/c1-11(17)12-2-6-14(7-3-12)20(18,19)16-10-15(8-9-15)13-4-5-13/h2-3,6-7,13,16H,4-5,8-10H2,1H3. The fourth-order valence-corrected chi connectivity index (χ4v) is 3.92. The van der Waals surface area contributed by atoms with Crippen LogP contribution in [0.2, 0.25) is 0 Å². The Morgan fingerprint density at radius 3 is 2.30 bits per heavy atom. The number of Topliss-reactive ketones (excluding diaryl/α,β-unsaturated/α-hetero) is 1.